The Bertz CT molecular complexity index is 411. The smallest absolute Gasteiger partial charge is 0.409 e. The van der Waals surface area contributed by atoms with Crippen molar-refractivity contribution < 1.29 is 9.53 Å². The third-order valence-corrected chi connectivity index (χ3v) is 3.49. The third kappa shape index (κ3) is 3.30. The number of hydrogen-bond donors (Lipinski definition) is 2. The van der Waals surface area contributed by atoms with E-state index in [1.54, 1.807) is 4.90 Å². The fraction of sp³-hybridized carbons (Fsp3) is 0.700. The lowest BCUT2D eigenvalue weighted by molar-refractivity contribution is 0.115. The lowest BCUT2D eigenvalue weighted by Crippen LogP contribution is -2.35. The second-order valence-electron chi connectivity index (χ2n) is 4.05. The highest BCUT2D eigenvalue weighted by Gasteiger charge is 2.26. The Kier molecular flexibility index (Phi) is 4.32. The molecule has 1 aromatic heterocycles. The van der Waals surface area contributed by atoms with Crippen molar-refractivity contribution in [1.29, 1.82) is 0 Å². The summed E-state index contributed by atoms with van der Waals surface area (Å²) in [5, 5.41) is 12.4. The Labute approximate surface area is 109 Å². The maximum atomic E-state index is 11.5. The minimum atomic E-state index is -0.234. The number of nitrogens with zero attached hydrogens (tertiary/aromatic N) is 3. The van der Waals surface area contributed by atoms with E-state index >= 15 is 0 Å². The van der Waals surface area contributed by atoms with Crippen molar-refractivity contribution in [3.05, 3.63) is 5.01 Å². The summed E-state index contributed by atoms with van der Waals surface area (Å²) < 4.78 is 4.96. The van der Waals surface area contributed by atoms with E-state index in [0.717, 1.165) is 18.0 Å². The van der Waals surface area contributed by atoms with Gasteiger partial charge in [-0.3, -0.25) is 0 Å². The van der Waals surface area contributed by atoms with Gasteiger partial charge < -0.3 is 20.7 Å². The zero-order valence-corrected chi connectivity index (χ0v) is 11.1. The Morgan fingerprint density at radius 2 is 2.50 bits per heavy atom. The number of nitrogens with one attached hydrogen (secondary N) is 1. The normalized spacial score (nSPS) is 19.2. The molecule has 1 aliphatic rings. The molecule has 1 aromatic rings. The minimum absolute atomic E-state index is 0.234. The number of aromatic nitrogens is 2. The van der Waals surface area contributed by atoms with Crippen LogP contribution in [0.3, 0.4) is 0 Å². The number of amides is 1. The van der Waals surface area contributed by atoms with Crippen LogP contribution in [0.25, 0.3) is 0 Å². The maximum Gasteiger partial charge on any atom is 0.409 e. The van der Waals surface area contributed by atoms with Gasteiger partial charge in [-0.2, -0.15) is 0 Å². The predicted octanol–water partition coefficient (Wildman–Crippen LogP) is 0.441. The summed E-state index contributed by atoms with van der Waals surface area (Å²) in [6.07, 6.45) is 0.689. The van der Waals surface area contributed by atoms with E-state index in [2.05, 4.69) is 15.5 Å². The summed E-state index contributed by atoms with van der Waals surface area (Å²) in [6.45, 7) is 4.26. The maximum absolute atomic E-state index is 11.5. The van der Waals surface area contributed by atoms with Crippen LogP contribution in [0.5, 0.6) is 0 Å². The van der Waals surface area contributed by atoms with Gasteiger partial charge in [0.25, 0.3) is 0 Å². The van der Waals surface area contributed by atoms with Gasteiger partial charge in [-0.05, 0) is 13.3 Å². The van der Waals surface area contributed by atoms with E-state index in [1.807, 2.05) is 6.92 Å². The molecule has 0 spiro atoms. The number of nitrogens with two attached hydrogens (primary N) is 1. The molecular weight excluding hydrogens is 254 g/mol. The first-order valence-corrected chi connectivity index (χ1v) is 6.73. The number of rotatable bonds is 4. The van der Waals surface area contributed by atoms with Crippen LogP contribution in [0.2, 0.25) is 0 Å². The number of nitrogen functional groups attached to an aromatic ring is 1. The van der Waals surface area contributed by atoms with Crippen LogP contribution in [-0.4, -0.2) is 46.9 Å². The van der Waals surface area contributed by atoms with Crippen LogP contribution in [0.15, 0.2) is 0 Å². The van der Waals surface area contributed by atoms with E-state index in [0.29, 0.717) is 24.8 Å². The van der Waals surface area contributed by atoms with E-state index in [9.17, 15) is 4.79 Å². The van der Waals surface area contributed by atoms with Crippen LogP contribution in [0.4, 0.5) is 9.93 Å². The lowest BCUT2D eigenvalue weighted by Gasteiger charge is -2.15. The molecule has 0 aromatic carbocycles. The molecule has 7 nitrogen and oxygen atoms in total. The summed E-state index contributed by atoms with van der Waals surface area (Å²) in [5.41, 5.74) is 5.51. The SMILES string of the molecule is CCOC(=O)N1CCC(NCc2nnc(N)s2)C1. The second kappa shape index (κ2) is 5.96. The number of carbonyl (C=O) groups is 1. The minimum Gasteiger partial charge on any atom is -0.450 e. The van der Waals surface area contributed by atoms with Gasteiger partial charge in [0.1, 0.15) is 5.01 Å². The molecule has 1 aliphatic heterocycles. The highest BCUT2D eigenvalue weighted by Crippen LogP contribution is 2.14. The monoisotopic (exact) mass is 271 g/mol. The largest absolute Gasteiger partial charge is 0.450 e. The molecule has 1 atom stereocenters. The van der Waals surface area contributed by atoms with Crippen molar-refractivity contribution in [1.82, 2.24) is 20.4 Å². The molecule has 1 unspecified atom stereocenters. The van der Waals surface area contributed by atoms with Crippen molar-refractivity contribution in [2.24, 2.45) is 0 Å². The van der Waals surface area contributed by atoms with Crippen molar-refractivity contribution >= 4 is 22.6 Å². The molecular formula is C10H17N5O2S. The number of ether oxygens (including phenoxy) is 1. The fourth-order valence-electron chi connectivity index (χ4n) is 1.88. The molecule has 2 rings (SSSR count). The van der Waals surface area contributed by atoms with Crippen LogP contribution in [-0.2, 0) is 11.3 Å². The Morgan fingerprint density at radius 1 is 1.67 bits per heavy atom. The molecule has 1 fully saturated rings. The first-order valence-electron chi connectivity index (χ1n) is 5.92. The summed E-state index contributed by atoms with van der Waals surface area (Å²) in [7, 11) is 0. The van der Waals surface area contributed by atoms with Crippen LogP contribution in [0, 0.1) is 0 Å². The van der Waals surface area contributed by atoms with E-state index in [4.69, 9.17) is 10.5 Å². The number of likely N-dealkylation sites (tertiary alicyclic amines) is 1. The highest BCUT2D eigenvalue weighted by molar-refractivity contribution is 7.15. The zero-order valence-electron chi connectivity index (χ0n) is 10.3. The molecule has 0 aliphatic carbocycles. The third-order valence-electron chi connectivity index (χ3n) is 2.74. The first-order chi connectivity index (χ1) is 8.69. The van der Waals surface area contributed by atoms with E-state index in [1.165, 1.54) is 11.3 Å². The van der Waals surface area contributed by atoms with Gasteiger partial charge in [0.05, 0.1) is 13.2 Å². The first kappa shape index (κ1) is 13.0. The lowest BCUT2D eigenvalue weighted by atomic mass is 10.3. The van der Waals surface area contributed by atoms with Gasteiger partial charge in [0, 0.05) is 19.1 Å². The Balaban J connectivity index is 1.74. The fourth-order valence-corrected chi connectivity index (χ4v) is 2.44. The average Bonchev–Trinajstić information content (AvgIpc) is 2.95. The Morgan fingerprint density at radius 3 is 3.17 bits per heavy atom. The standard InChI is InChI=1S/C10H17N5O2S/c1-2-17-10(16)15-4-3-7(6-15)12-5-8-13-14-9(11)18-8/h7,12H,2-6H2,1H3,(H2,11,14). The second-order valence-corrected chi connectivity index (χ2v) is 5.14. The van der Waals surface area contributed by atoms with Crippen molar-refractivity contribution in [3.8, 4) is 0 Å². The zero-order chi connectivity index (χ0) is 13.0. The Hall–Kier alpha value is -1.41. The molecule has 0 radical (unpaired) electrons. The van der Waals surface area contributed by atoms with E-state index in [-0.39, 0.29) is 12.1 Å². The van der Waals surface area contributed by atoms with Crippen LogP contribution < -0.4 is 11.1 Å². The molecule has 2 heterocycles. The van der Waals surface area contributed by atoms with Gasteiger partial charge in [0.2, 0.25) is 5.13 Å². The van der Waals surface area contributed by atoms with Gasteiger partial charge in [0.15, 0.2) is 0 Å². The van der Waals surface area contributed by atoms with Gasteiger partial charge in [-0.25, -0.2) is 4.79 Å². The molecule has 8 heteroatoms. The summed E-state index contributed by atoms with van der Waals surface area (Å²) in [4.78, 5) is 13.2. The number of hydrogen-bond acceptors (Lipinski definition) is 7. The van der Waals surface area contributed by atoms with Crippen LogP contribution in [0.1, 0.15) is 18.4 Å². The molecule has 100 valence electrons. The predicted molar refractivity (Wildman–Crippen MR) is 68.2 cm³/mol. The molecule has 3 N–H and O–H groups in total. The number of carbonyl (C=O) groups excluding carboxylic acids is 1. The van der Waals surface area contributed by atoms with Gasteiger partial charge in [-0.15, -0.1) is 10.2 Å². The molecule has 1 saturated heterocycles. The van der Waals surface area contributed by atoms with Crippen LogP contribution >= 0.6 is 11.3 Å². The molecule has 1 amide bonds. The van der Waals surface area contributed by atoms with Crippen molar-refractivity contribution in [2.45, 2.75) is 25.9 Å². The van der Waals surface area contributed by atoms with E-state index < -0.39 is 0 Å². The van der Waals surface area contributed by atoms with Crippen molar-refractivity contribution in [2.75, 3.05) is 25.4 Å². The van der Waals surface area contributed by atoms with Gasteiger partial charge >= 0.3 is 6.09 Å². The van der Waals surface area contributed by atoms with Gasteiger partial charge in [-0.1, -0.05) is 11.3 Å². The summed E-state index contributed by atoms with van der Waals surface area (Å²) in [5.74, 6) is 0. The summed E-state index contributed by atoms with van der Waals surface area (Å²) in [6, 6.07) is 0.277. The topological polar surface area (TPSA) is 93.4 Å². The summed E-state index contributed by atoms with van der Waals surface area (Å²) >= 11 is 1.37. The van der Waals surface area contributed by atoms with Crippen molar-refractivity contribution in [3.63, 3.8) is 0 Å². The quantitative estimate of drug-likeness (QED) is 0.825. The number of anilines is 1. The molecule has 18 heavy (non-hydrogen) atoms. The highest BCUT2D eigenvalue weighted by atomic mass is 32.1. The molecule has 0 bridgehead atoms. The molecule has 0 saturated carbocycles. The average molecular weight is 271 g/mol.